The number of hydrogen-bond donors (Lipinski definition) is 0. The molecule has 0 atom stereocenters. The molecule has 0 radical (unpaired) electrons. The molecule has 0 bridgehead atoms. The third-order valence-corrected chi connectivity index (χ3v) is 4.16. The molecule has 0 aromatic heterocycles. The zero-order valence-corrected chi connectivity index (χ0v) is 12.4. The van der Waals surface area contributed by atoms with Gasteiger partial charge in [-0.3, -0.25) is 0 Å². The van der Waals surface area contributed by atoms with E-state index in [9.17, 15) is 0 Å². The molecular formula is C15H17BrS. The van der Waals surface area contributed by atoms with Crippen LogP contribution in [-0.4, -0.2) is 6.26 Å². The van der Waals surface area contributed by atoms with Gasteiger partial charge in [-0.05, 0) is 10.9 Å². The molecule has 0 saturated heterocycles. The van der Waals surface area contributed by atoms with Gasteiger partial charge in [0.2, 0.25) is 0 Å². The normalized spacial score (nSPS) is 10.0. The van der Waals surface area contributed by atoms with Crippen molar-refractivity contribution in [3.8, 4) is 0 Å². The van der Waals surface area contributed by atoms with Crippen LogP contribution in [0.3, 0.4) is 0 Å². The van der Waals surface area contributed by atoms with Gasteiger partial charge in [-0.25, -0.2) is 0 Å². The summed E-state index contributed by atoms with van der Waals surface area (Å²) < 4.78 is 0. The van der Waals surface area contributed by atoms with Crippen LogP contribution in [0.5, 0.6) is 0 Å². The van der Waals surface area contributed by atoms with Gasteiger partial charge in [-0.2, -0.15) is 0 Å². The minimum absolute atomic E-state index is 0. The topological polar surface area (TPSA) is 0 Å². The minimum Gasteiger partial charge on any atom is -1.00 e. The molecule has 2 aromatic rings. The molecule has 90 valence electrons. The summed E-state index contributed by atoms with van der Waals surface area (Å²) in [5, 5.41) is 0. The van der Waals surface area contributed by atoms with Crippen molar-refractivity contribution >= 4 is 10.9 Å². The van der Waals surface area contributed by atoms with Crippen molar-refractivity contribution < 1.29 is 17.0 Å². The molecule has 2 rings (SSSR count). The largest absolute Gasteiger partial charge is 1.00 e. The summed E-state index contributed by atoms with van der Waals surface area (Å²) in [6, 6.07) is 21.5. The van der Waals surface area contributed by atoms with Gasteiger partial charge in [-0.1, -0.05) is 60.7 Å². The van der Waals surface area contributed by atoms with E-state index in [0.29, 0.717) is 10.9 Å². The highest BCUT2D eigenvalue weighted by Crippen LogP contribution is 2.12. The summed E-state index contributed by atoms with van der Waals surface area (Å²) in [7, 11) is 0.428. The number of halogens is 1. The van der Waals surface area contributed by atoms with Crippen molar-refractivity contribution in [2.24, 2.45) is 0 Å². The first kappa shape index (κ1) is 14.3. The third kappa shape index (κ3) is 4.97. The maximum Gasteiger partial charge on any atom is 0.133 e. The predicted octanol–water partition coefficient (Wildman–Crippen LogP) is 0.639. The average Bonchev–Trinajstić information content (AvgIpc) is 2.31. The Balaban J connectivity index is 0.00000144. The molecule has 0 unspecified atom stereocenters. The van der Waals surface area contributed by atoms with E-state index >= 15 is 0 Å². The van der Waals surface area contributed by atoms with E-state index in [-0.39, 0.29) is 17.0 Å². The van der Waals surface area contributed by atoms with E-state index < -0.39 is 0 Å². The van der Waals surface area contributed by atoms with Crippen LogP contribution in [0.4, 0.5) is 0 Å². The fraction of sp³-hybridized carbons (Fsp3) is 0.200. The van der Waals surface area contributed by atoms with Crippen molar-refractivity contribution in [1.82, 2.24) is 0 Å². The van der Waals surface area contributed by atoms with Gasteiger partial charge in [-0.15, -0.1) is 0 Å². The van der Waals surface area contributed by atoms with Gasteiger partial charge in [0.15, 0.2) is 0 Å². The van der Waals surface area contributed by atoms with E-state index in [2.05, 4.69) is 66.9 Å². The van der Waals surface area contributed by atoms with Gasteiger partial charge in [0.1, 0.15) is 11.5 Å². The fourth-order valence-electron chi connectivity index (χ4n) is 1.77. The summed E-state index contributed by atoms with van der Waals surface area (Å²) >= 11 is 0. The second-order valence-corrected chi connectivity index (χ2v) is 6.18. The lowest BCUT2D eigenvalue weighted by atomic mass is 10.2. The highest BCUT2D eigenvalue weighted by atomic mass is 79.9. The standard InChI is InChI=1S/C15H17S.BrH/c1-16(12-14-8-4-2-5-9-14)13-15-10-6-3-7-11-15;/h2-11H,12-13H2,1H3;1H/q+1;/p-1. The Labute approximate surface area is 117 Å². The molecule has 0 aliphatic heterocycles. The summed E-state index contributed by atoms with van der Waals surface area (Å²) in [6.45, 7) is 0. The van der Waals surface area contributed by atoms with Crippen LogP contribution < -0.4 is 17.0 Å². The predicted molar refractivity (Wildman–Crippen MR) is 73.6 cm³/mol. The van der Waals surface area contributed by atoms with E-state index in [4.69, 9.17) is 0 Å². The molecule has 0 saturated carbocycles. The molecule has 0 N–H and O–H groups in total. The first-order valence-corrected chi connectivity index (χ1v) is 7.49. The van der Waals surface area contributed by atoms with E-state index in [1.54, 1.807) is 0 Å². The van der Waals surface area contributed by atoms with Crippen LogP contribution >= 0.6 is 0 Å². The second kappa shape index (κ2) is 7.57. The van der Waals surface area contributed by atoms with Crippen molar-refractivity contribution in [1.29, 1.82) is 0 Å². The second-order valence-electron chi connectivity index (χ2n) is 4.04. The molecule has 0 nitrogen and oxygen atoms in total. The lowest BCUT2D eigenvalue weighted by Crippen LogP contribution is -3.00. The quantitative estimate of drug-likeness (QED) is 0.727. The maximum atomic E-state index is 2.35. The van der Waals surface area contributed by atoms with E-state index in [0.717, 1.165) is 0 Å². The lowest BCUT2D eigenvalue weighted by Gasteiger charge is -2.03. The Morgan fingerprint density at radius 1 is 0.706 bits per heavy atom. The molecular weight excluding hydrogens is 292 g/mol. The molecule has 0 fully saturated rings. The van der Waals surface area contributed by atoms with Crippen molar-refractivity contribution in [3.05, 3.63) is 71.8 Å². The molecule has 0 amide bonds. The van der Waals surface area contributed by atoms with Crippen LogP contribution in [-0.2, 0) is 22.4 Å². The number of hydrogen-bond acceptors (Lipinski definition) is 0. The van der Waals surface area contributed by atoms with E-state index in [1.807, 2.05) is 0 Å². The highest BCUT2D eigenvalue weighted by Gasteiger charge is 2.12. The molecule has 2 aromatic carbocycles. The smallest absolute Gasteiger partial charge is 0.133 e. The molecule has 2 heteroatoms. The van der Waals surface area contributed by atoms with Gasteiger partial charge < -0.3 is 17.0 Å². The Hall–Kier alpha value is -0.730. The number of benzene rings is 2. The summed E-state index contributed by atoms with van der Waals surface area (Å²) in [5.74, 6) is 2.38. The van der Waals surface area contributed by atoms with Crippen LogP contribution in [0.2, 0.25) is 0 Å². The molecule has 0 aliphatic carbocycles. The number of rotatable bonds is 4. The molecule has 0 aliphatic rings. The zero-order valence-electron chi connectivity index (χ0n) is 9.97. The molecule has 0 heterocycles. The van der Waals surface area contributed by atoms with Crippen LogP contribution in [0.25, 0.3) is 0 Å². The van der Waals surface area contributed by atoms with Gasteiger partial charge in [0.05, 0.1) is 6.26 Å². The highest BCUT2D eigenvalue weighted by molar-refractivity contribution is 7.94. The molecule has 17 heavy (non-hydrogen) atoms. The average molecular weight is 309 g/mol. The summed E-state index contributed by atoms with van der Waals surface area (Å²) in [6.07, 6.45) is 2.35. The van der Waals surface area contributed by atoms with Gasteiger partial charge >= 0.3 is 0 Å². The molecule has 0 spiro atoms. The Kier molecular flexibility index (Phi) is 6.38. The monoisotopic (exact) mass is 308 g/mol. The zero-order chi connectivity index (χ0) is 11.2. The van der Waals surface area contributed by atoms with Crippen LogP contribution in [0.15, 0.2) is 60.7 Å². The minimum atomic E-state index is 0. The van der Waals surface area contributed by atoms with E-state index in [1.165, 1.54) is 22.6 Å². The fourth-order valence-corrected chi connectivity index (χ4v) is 3.39. The summed E-state index contributed by atoms with van der Waals surface area (Å²) in [4.78, 5) is 0. The van der Waals surface area contributed by atoms with Gasteiger partial charge in [0.25, 0.3) is 0 Å². The third-order valence-electron chi connectivity index (χ3n) is 2.51. The van der Waals surface area contributed by atoms with Crippen LogP contribution in [0, 0.1) is 0 Å². The first-order valence-electron chi connectivity index (χ1n) is 5.51. The van der Waals surface area contributed by atoms with Crippen molar-refractivity contribution in [2.45, 2.75) is 11.5 Å². The lowest BCUT2D eigenvalue weighted by molar-refractivity contribution is -0.00000336. The van der Waals surface area contributed by atoms with Crippen molar-refractivity contribution in [3.63, 3.8) is 0 Å². The maximum absolute atomic E-state index is 2.35. The SMILES string of the molecule is C[S+](Cc1ccccc1)Cc1ccccc1.[Br-]. The summed E-state index contributed by atoms with van der Waals surface area (Å²) in [5.41, 5.74) is 2.90. The van der Waals surface area contributed by atoms with Gasteiger partial charge in [0, 0.05) is 11.1 Å². The Morgan fingerprint density at radius 2 is 1.06 bits per heavy atom. The van der Waals surface area contributed by atoms with Crippen molar-refractivity contribution in [2.75, 3.05) is 6.26 Å². The Morgan fingerprint density at radius 3 is 1.41 bits per heavy atom. The Bertz CT molecular complexity index is 372. The first-order chi connectivity index (χ1) is 7.84. The van der Waals surface area contributed by atoms with Crippen LogP contribution in [0.1, 0.15) is 11.1 Å².